The van der Waals surface area contributed by atoms with Gasteiger partial charge in [-0.15, -0.1) is 0 Å². The second-order valence-corrected chi connectivity index (χ2v) is 2.58. The minimum absolute atomic E-state index is 0.139. The fourth-order valence-electron chi connectivity index (χ4n) is 0.850. The van der Waals surface area contributed by atoms with Crippen LogP contribution in [-0.4, -0.2) is 10.9 Å². The average Bonchev–Trinajstić information content (AvgIpc) is 2.32. The molecule has 1 amide bonds. The summed E-state index contributed by atoms with van der Waals surface area (Å²) >= 11 is 0. The highest BCUT2D eigenvalue weighted by molar-refractivity contribution is 5.91. The molecule has 1 aromatic rings. The lowest BCUT2D eigenvalue weighted by Gasteiger charge is -1.99. The van der Waals surface area contributed by atoms with Gasteiger partial charge in [0.1, 0.15) is 5.76 Å². The first-order valence-corrected chi connectivity index (χ1v) is 3.36. The number of oxazole rings is 1. The molecule has 0 atom stereocenters. The average molecular weight is 154 g/mol. The van der Waals surface area contributed by atoms with Crippen molar-refractivity contribution < 1.29 is 9.21 Å². The van der Waals surface area contributed by atoms with Crippen LogP contribution in [0.15, 0.2) is 10.8 Å². The van der Waals surface area contributed by atoms with Crippen LogP contribution in [0.5, 0.6) is 0 Å². The van der Waals surface area contributed by atoms with Crippen LogP contribution in [0.3, 0.4) is 0 Å². The SMILES string of the molecule is CC(C)c1ocnc1C(N)=O. The van der Waals surface area contributed by atoms with E-state index in [1.54, 1.807) is 0 Å². The first-order valence-electron chi connectivity index (χ1n) is 3.36. The highest BCUT2D eigenvalue weighted by atomic mass is 16.3. The van der Waals surface area contributed by atoms with Gasteiger partial charge in [-0.1, -0.05) is 13.8 Å². The van der Waals surface area contributed by atoms with Crippen molar-refractivity contribution in [2.75, 3.05) is 0 Å². The van der Waals surface area contributed by atoms with E-state index in [1.165, 1.54) is 6.39 Å². The van der Waals surface area contributed by atoms with Crippen LogP contribution >= 0.6 is 0 Å². The summed E-state index contributed by atoms with van der Waals surface area (Å²) in [5.41, 5.74) is 5.27. The Balaban J connectivity index is 3.06. The van der Waals surface area contributed by atoms with Crippen molar-refractivity contribution >= 4 is 5.91 Å². The van der Waals surface area contributed by atoms with E-state index in [0.717, 1.165) is 0 Å². The summed E-state index contributed by atoms with van der Waals surface area (Å²) in [7, 11) is 0. The maximum absolute atomic E-state index is 10.7. The fourth-order valence-corrected chi connectivity index (χ4v) is 0.850. The molecule has 0 spiro atoms. The maximum atomic E-state index is 10.7. The number of aromatic nitrogens is 1. The van der Waals surface area contributed by atoms with Crippen molar-refractivity contribution in [1.82, 2.24) is 4.98 Å². The van der Waals surface area contributed by atoms with Gasteiger partial charge in [-0.2, -0.15) is 0 Å². The van der Waals surface area contributed by atoms with E-state index in [2.05, 4.69) is 4.98 Å². The molecule has 1 rings (SSSR count). The van der Waals surface area contributed by atoms with Gasteiger partial charge in [0.15, 0.2) is 12.1 Å². The number of nitrogens with zero attached hydrogens (tertiary/aromatic N) is 1. The molecule has 0 saturated carbocycles. The Morgan fingerprint density at radius 3 is 2.73 bits per heavy atom. The molecule has 0 bridgehead atoms. The number of primary amides is 1. The van der Waals surface area contributed by atoms with E-state index in [1.807, 2.05) is 13.8 Å². The first-order chi connectivity index (χ1) is 5.13. The normalized spacial score (nSPS) is 10.5. The minimum Gasteiger partial charge on any atom is -0.447 e. The molecular formula is C7H10N2O2. The Morgan fingerprint density at radius 1 is 1.73 bits per heavy atom. The van der Waals surface area contributed by atoms with E-state index in [0.29, 0.717) is 5.76 Å². The van der Waals surface area contributed by atoms with Gasteiger partial charge in [0, 0.05) is 5.92 Å². The third kappa shape index (κ3) is 1.39. The van der Waals surface area contributed by atoms with Gasteiger partial charge in [0.05, 0.1) is 0 Å². The topological polar surface area (TPSA) is 69.1 Å². The molecule has 1 aromatic heterocycles. The number of amides is 1. The highest BCUT2D eigenvalue weighted by Crippen LogP contribution is 2.17. The third-order valence-corrected chi connectivity index (χ3v) is 1.35. The number of rotatable bonds is 2. The van der Waals surface area contributed by atoms with Crippen LogP contribution in [0.2, 0.25) is 0 Å². The van der Waals surface area contributed by atoms with Gasteiger partial charge in [0.2, 0.25) is 0 Å². The van der Waals surface area contributed by atoms with Crippen molar-refractivity contribution in [3.63, 3.8) is 0 Å². The lowest BCUT2D eigenvalue weighted by molar-refractivity contribution is 0.0994. The standard InChI is InChI=1S/C7H10N2O2/c1-4(2)6-5(7(8)10)9-3-11-6/h3-4H,1-2H3,(H2,8,10). The quantitative estimate of drug-likeness (QED) is 0.687. The zero-order chi connectivity index (χ0) is 8.43. The van der Waals surface area contributed by atoms with Gasteiger partial charge in [0.25, 0.3) is 5.91 Å². The summed E-state index contributed by atoms with van der Waals surface area (Å²) < 4.78 is 4.98. The predicted molar refractivity (Wildman–Crippen MR) is 39.1 cm³/mol. The molecule has 1 heterocycles. The van der Waals surface area contributed by atoms with Gasteiger partial charge in [-0.25, -0.2) is 4.98 Å². The van der Waals surface area contributed by atoms with E-state index in [4.69, 9.17) is 10.2 Å². The molecule has 2 N–H and O–H groups in total. The van der Waals surface area contributed by atoms with Crippen LogP contribution < -0.4 is 5.73 Å². The van der Waals surface area contributed by atoms with Crippen LogP contribution in [0, 0.1) is 0 Å². The van der Waals surface area contributed by atoms with Crippen molar-refractivity contribution in [3.05, 3.63) is 17.8 Å². The largest absolute Gasteiger partial charge is 0.447 e. The Labute approximate surface area is 64.4 Å². The Kier molecular flexibility index (Phi) is 1.94. The molecular weight excluding hydrogens is 144 g/mol. The molecule has 0 aliphatic rings. The van der Waals surface area contributed by atoms with Crippen molar-refractivity contribution in [3.8, 4) is 0 Å². The molecule has 0 aliphatic carbocycles. The smallest absolute Gasteiger partial charge is 0.270 e. The summed E-state index contributed by atoms with van der Waals surface area (Å²) in [6.45, 7) is 3.82. The third-order valence-electron chi connectivity index (χ3n) is 1.35. The number of hydrogen-bond donors (Lipinski definition) is 1. The Hall–Kier alpha value is -1.32. The van der Waals surface area contributed by atoms with Gasteiger partial charge >= 0.3 is 0 Å². The molecule has 0 radical (unpaired) electrons. The van der Waals surface area contributed by atoms with E-state index < -0.39 is 5.91 Å². The lowest BCUT2D eigenvalue weighted by atomic mass is 10.1. The molecule has 4 heteroatoms. The summed E-state index contributed by atoms with van der Waals surface area (Å²) in [6, 6.07) is 0. The fraction of sp³-hybridized carbons (Fsp3) is 0.429. The summed E-state index contributed by atoms with van der Waals surface area (Å²) in [4.78, 5) is 14.4. The molecule has 0 fully saturated rings. The van der Waals surface area contributed by atoms with Crippen molar-refractivity contribution in [2.24, 2.45) is 5.73 Å². The zero-order valence-corrected chi connectivity index (χ0v) is 6.50. The Bertz CT molecular complexity index is 265. The zero-order valence-electron chi connectivity index (χ0n) is 6.50. The van der Waals surface area contributed by atoms with Crippen LogP contribution in [0.25, 0.3) is 0 Å². The van der Waals surface area contributed by atoms with Crippen molar-refractivity contribution in [2.45, 2.75) is 19.8 Å². The first kappa shape index (κ1) is 7.78. The Morgan fingerprint density at radius 2 is 2.36 bits per heavy atom. The molecule has 4 nitrogen and oxygen atoms in total. The predicted octanol–water partition coefficient (Wildman–Crippen LogP) is 0.897. The lowest BCUT2D eigenvalue weighted by Crippen LogP contribution is -2.13. The molecule has 60 valence electrons. The molecule has 0 unspecified atom stereocenters. The molecule has 0 aliphatic heterocycles. The second-order valence-electron chi connectivity index (χ2n) is 2.58. The molecule has 0 saturated heterocycles. The summed E-state index contributed by atoms with van der Waals surface area (Å²) in [6.07, 6.45) is 1.23. The number of hydrogen-bond acceptors (Lipinski definition) is 3. The molecule has 11 heavy (non-hydrogen) atoms. The van der Waals surface area contributed by atoms with Crippen molar-refractivity contribution in [1.29, 1.82) is 0 Å². The van der Waals surface area contributed by atoms with Crippen LogP contribution in [-0.2, 0) is 0 Å². The molecule has 0 aromatic carbocycles. The van der Waals surface area contributed by atoms with E-state index in [-0.39, 0.29) is 11.6 Å². The van der Waals surface area contributed by atoms with Crippen LogP contribution in [0.1, 0.15) is 36.0 Å². The van der Waals surface area contributed by atoms with Gasteiger partial charge < -0.3 is 10.2 Å². The summed E-state index contributed by atoms with van der Waals surface area (Å²) in [5, 5.41) is 0. The second kappa shape index (κ2) is 2.74. The number of carbonyl (C=O) groups is 1. The van der Waals surface area contributed by atoms with Crippen LogP contribution in [0.4, 0.5) is 0 Å². The number of carbonyl (C=O) groups excluding carboxylic acids is 1. The van der Waals surface area contributed by atoms with E-state index >= 15 is 0 Å². The highest BCUT2D eigenvalue weighted by Gasteiger charge is 2.15. The van der Waals surface area contributed by atoms with E-state index in [9.17, 15) is 4.79 Å². The maximum Gasteiger partial charge on any atom is 0.270 e. The summed E-state index contributed by atoms with van der Waals surface area (Å²) in [5.74, 6) is 0.153. The number of nitrogens with two attached hydrogens (primary N) is 1. The van der Waals surface area contributed by atoms with Gasteiger partial charge in [-0.05, 0) is 0 Å². The minimum atomic E-state index is -0.539. The monoisotopic (exact) mass is 154 g/mol. The van der Waals surface area contributed by atoms with Gasteiger partial charge in [-0.3, -0.25) is 4.79 Å².